The number of oxazole rings is 1. The minimum Gasteiger partial charge on any atom is -0.441 e. The van der Waals surface area contributed by atoms with E-state index in [1.165, 1.54) is 0 Å². The van der Waals surface area contributed by atoms with Crippen LogP contribution in [0.1, 0.15) is 31.2 Å². The number of fused-ring (bicyclic) bond motifs is 1. The lowest BCUT2D eigenvalue weighted by Gasteiger charge is -2.23. The van der Waals surface area contributed by atoms with Gasteiger partial charge in [-0.1, -0.05) is 6.07 Å². The van der Waals surface area contributed by atoms with E-state index >= 15 is 0 Å². The van der Waals surface area contributed by atoms with Crippen molar-refractivity contribution in [3.8, 4) is 0 Å². The molecule has 1 heterocycles. The number of hydrogen-bond donors (Lipinski definition) is 2. The molecule has 0 amide bonds. The number of hydrogen-bond acceptors (Lipinski definition) is 4. The van der Waals surface area contributed by atoms with Crippen molar-refractivity contribution in [2.75, 3.05) is 6.61 Å². The molecule has 0 spiro atoms. The molecule has 4 nitrogen and oxygen atoms in total. The van der Waals surface area contributed by atoms with Crippen LogP contribution in [0.5, 0.6) is 0 Å². The monoisotopic (exact) mass is 235 g/mol. The van der Waals surface area contributed by atoms with Gasteiger partial charge in [-0.25, -0.2) is 4.98 Å². The van der Waals surface area contributed by atoms with Gasteiger partial charge in [0.1, 0.15) is 5.52 Å². The number of benzene rings is 1. The fraction of sp³-hybridized carbons (Fsp3) is 0.462. The summed E-state index contributed by atoms with van der Waals surface area (Å²) in [6.45, 7) is 3.62. The average Bonchev–Trinajstić information content (AvgIpc) is 2.65. The summed E-state index contributed by atoms with van der Waals surface area (Å²) < 4.78 is 5.44. The van der Waals surface area contributed by atoms with Gasteiger partial charge in [-0.3, -0.25) is 0 Å². The summed E-state index contributed by atoms with van der Waals surface area (Å²) in [6, 6.07) is 5.50. The lowest BCUT2D eigenvalue weighted by Crippen LogP contribution is -2.21. The molecule has 0 aliphatic rings. The van der Waals surface area contributed by atoms with Crippen molar-refractivity contribution in [1.29, 1.82) is 0 Å². The predicted octanol–water partition coefficient (Wildman–Crippen LogP) is 2.12. The van der Waals surface area contributed by atoms with Crippen molar-refractivity contribution in [3.63, 3.8) is 0 Å². The van der Waals surface area contributed by atoms with E-state index in [4.69, 9.17) is 9.52 Å². The summed E-state index contributed by atoms with van der Waals surface area (Å²) in [4.78, 5) is 4.21. The predicted molar refractivity (Wildman–Crippen MR) is 64.6 cm³/mol. The fourth-order valence-corrected chi connectivity index (χ4v) is 1.94. The third-order valence-corrected chi connectivity index (χ3v) is 2.94. The Bertz CT molecular complexity index is 516. The SMILES string of the molecule is Cc1nc2ccc(C(C)(O)CCCO)cc2o1. The van der Waals surface area contributed by atoms with Gasteiger partial charge in [0, 0.05) is 13.5 Å². The summed E-state index contributed by atoms with van der Waals surface area (Å²) in [5, 5.41) is 19.1. The lowest BCUT2D eigenvalue weighted by molar-refractivity contribution is 0.0404. The first-order valence-corrected chi connectivity index (χ1v) is 5.74. The minimum atomic E-state index is -0.947. The molecule has 2 N–H and O–H groups in total. The molecule has 0 aliphatic carbocycles. The number of rotatable bonds is 4. The molecule has 0 bridgehead atoms. The highest BCUT2D eigenvalue weighted by Crippen LogP contribution is 2.28. The van der Waals surface area contributed by atoms with E-state index in [0.717, 1.165) is 11.1 Å². The van der Waals surface area contributed by atoms with Gasteiger partial charge in [0.2, 0.25) is 0 Å². The summed E-state index contributed by atoms with van der Waals surface area (Å²) in [5.74, 6) is 0.618. The largest absolute Gasteiger partial charge is 0.441 e. The highest BCUT2D eigenvalue weighted by atomic mass is 16.3. The Balaban J connectivity index is 2.34. The van der Waals surface area contributed by atoms with Crippen LogP contribution in [0.2, 0.25) is 0 Å². The molecule has 1 aromatic carbocycles. The third kappa shape index (κ3) is 2.48. The molecule has 0 saturated carbocycles. The summed E-state index contributed by atoms with van der Waals surface area (Å²) in [5.41, 5.74) is 1.32. The van der Waals surface area contributed by atoms with Crippen LogP contribution < -0.4 is 0 Å². The molecule has 0 fully saturated rings. The lowest BCUT2D eigenvalue weighted by atomic mass is 9.91. The maximum Gasteiger partial charge on any atom is 0.192 e. The van der Waals surface area contributed by atoms with E-state index < -0.39 is 5.60 Å². The van der Waals surface area contributed by atoms with Crippen LogP contribution in [0, 0.1) is 6.92 Å². The first-order valence-electron chi connectivity index (χ1n) is 5.74. The molecular weight excluding hydrogens is 218 g/mol. The zero-order valence-electron chi connectivity index (χ0n) is 10.1. The van der Waals surface area contributed by atoms with E-state index in [0.29, 0.717) is 24.3 Å². The van der Waals surface area contributed by atoms with Crippen molar-refractivity contribution in [2.24, 2.45) is 0 Å². The first kappa shape index (κ1) is 12.1. The summed E-state index contributed by atoms with van der Waals surface area (Å²) in [6.07, 6.45) is 1.09. The Morgan fingerprint density at radius 1 is 1.41 bits per heavy atom. The first-order chi connectivity index (χ1) is 8.03. The van der Waals surface area contributed by atoms with Gasteiger partial charge in [-0.2, -0.15) is 0 Å². The Labute approximate surface area is 99.9 Å². The molecule has 17 heavy (non-hydrogen) atoms. The summed E-state index contributed by atoms with van der Waals surface area (Å²) in [7, 11) is 0. The Kier molecular flexibility index (Phi) is 3.17. The fourth-order valence-electron chi connectivity index (χ4n) is 1.94. The van der Waals surface area contributed by atoms with Gasteiger partial charge in [-0.05, 0) is 37.5 Å². The smallest absolute Gasteiger partial charge is 0.192 e. The quantitative estimate of drug-likeness (QED) is 0.851. The second-order valence-electron chi connectivity index (χ2n) is 4.52. The molecule has 0 radical (unpaired) electrons. The zero-order chi connectivity index (χ0) is 12.5. The number of aromatic nitrogens is 1. The van der Waals surface area contributed by atoms with Crippen molar-refractivity contribution < 1.29 is 14.6 Å². The van der Waals surface area contributed by atoms with Crippen LogP contribution in [0.15, 0.2) is 22.6 Å². The highest BCUT2D eigenvalue weighted by molar-refractivity contribution is 5.73. The topological polar surface area (TPSA) is 66.5 Å². The molecule has 92 valence electrons. The number of aliphatic hydroxyl groups is 2. The van der Waals surface area contributed by atoms with Gasteiger partial charge in [0.15, 0.2) is 11.5 Å². The molecular formula is C13H17NO3. The van der Waals surface area contributed by atoms with Crippen LogP contribution in [0.4, 0.5) is 0 Å². The molecule has 0 saturated heterocycles. The normalized spacial score (nSPS) is 15.1. The summed E-state index contributed by atoms with van der Waals surface area (Å²) >= 11 is 0. The third-order valence-electron chi connectivity index (χ3n) is 2.94. The standard InChI is InChI=1S/C13H17NO3/c1-9-14-11-5-4-10(8-12(11)17-9)13(2,16)6-3-7-15/h4-5,8,15-16H,3,6-7H2,1-2H3. The van der Waals surface area contributed by atoms with Crippen molar-refractivity contribution in [1.82, 2.24) is 4.98 Å². The van der Waals surface area contributed by atoms with Gasteiger partial charge in [0.05, 0.1) is 5.60 Å². The van der Waals surface area contributed by atoms with Crippen LogP contribution in [0.25, 0.3) is 11.1 Å². The van der Waals surface area contributed by atoms with Crippen LogP contribution in [0.3, 0.4) is 0 Å². The van der Waals surface area contributed by atoms with E-state index in [1.807, 2.05) is 18.2 Å². The van der Waals surface area contributed by atoms with Crippen molar-refractivity contribution in [2.45, 2.75) is 32.3 Å². The Morgan fingerprint density at radius 3 is 2.88 bits per heavy atom. The number of aliphatic hydroxyl groups excluding tert-OH is 1. The van der Waals surface area contributed by atoms with E-state index in [1.54, 1.807) is 13.8 Å². The van der Waals surface area contributed by atoms with E-state index in [9.17, 15) is 5.11 Å². The second-order valence-corrected chi connectivity index (χ2v) is 4.52. The molecule has 1 atom stereocenters. The van der Waals surface area contributed by atoms with E-state index in [-0.39, 0.29) is 6.61 Å². The molecule has 1 aromatic heterocycles. The van der Waals surface area contributed by atoms with E-state index in [2.05, 4.69) is 4.98 Å². The molecule has 1 unspecified atom stereocenters. The number of nitrogens with zero attached hydrogens (tertiary/aromatic N) is 1. The maximum absolute atomic E-state index is 10.3. The van der Waals surface area contributed by atoms with Gasteiger partial charge in [0.25, 0.3) is 0 Å². The molecule has 2 rings (SSSR count). The van der Waals surface area contributed by atoms with Gasteiger partial charge >= 0.3 is 0 Å². The highest BCUT2D eigenvalue weighted by Gasteiger charge is 2.23. The molecule has 0 aliphatic heterocycles. The molecule has 2 aromatic rings. The maximum atomic E-state index is 10.3. The van der Waals surface area contributed by atoms with Crippen LogP contribution >= 0.6 is 0 Å². The second kappa shape index (κ2) is 4.47. The minimum absolute atomic E-state index is 0.0831. The van der Waals surface area contributed by atoms with Crippen LogP contribution in [-0.4, -0.2) is 21.8 Å². The van der Waals surface area contributed by atoms with Crippen LogP contribution in [-0.2, 0) is 5.60 Å². The molecule has 4 heteroatoms. The average molecular weight is 235 g/mol. The Morgan fingerprint density at radius 2 is 2.18 bits per heavy atom. The Hall–Kier alpha value is -1.39. The zero-order valence-corrected chi connectivity index (χ0v) is 10.1. The van der Waals surface area contributed by atoms with Gasteiger partial charge < -0.3 is 14.6 Å². The number of aryl methyl sites for hydroxylation is 1. The van der Waals surface area contributed by atoms with Crippen molar-refractivity contribution in [3.05, 3.63) is 29.7 Å². The van der Waals surface area contributed by atoms with Gasteiger partial charge in [-0.15, -0.1) is 0 Å². The van der Waals surface area contributed by atoms with Crippen molar-refractivity contribution >= 4 is 11.1 Å².